The first-order valence-corrected chi connectivity index (χ1v) is 17.1. The van der Waals surface area contributed by atoms with E-state index in [0.29, 0.717) is 0 Å². The second kappa shape index (κ2) is 26.6. The van der Waals surface area contributed by atoms with Gasteiger partial charge < -0.3 is 10.6 Å². The van der Waals surface area contributed by atoms with Crippen LogP contribution < -0.4 is 10.6 Å². The maximum atomic E-state index is 12.4. The van der Waals surface area contributed by atoms with Crippen molar-refractivity contribution in [1.82, 2.24) is 10.6 Å². The third-order valence-electron chi connectivity index (χ3n) is 8.16. The van der Waals surface area contributed by atoms with Crippen LogP contribution in [-0.2, 0) is 9.59 Å². The molecule has 0 aromatic heterocycles. The highest BCUT2D eigenvalue weighted by Crippen LogP contribution is 2.19. The summed E-state index contributed by atoms with van der Waals surface area (Å²) in [7, 11) is 0. The van der Waals surface area contributed by atoms with Crippen LogP contribution in [0, 0.1) is 0 Å². The van der Waals surface area contributed by atoms with Crippen LogP contribution in [0.5, 0.6) is 0 Å². The minimum absolute atomic E-state index is 0.0234. The maximum Gasteiger partial charge on any atom is 0.243 e. The monoisotopic (exact) mass is 544 g/mol. The molecule has 2 atom stereocenters. The molecule has 1 rings (SSSR count). The van der Waals surface area contributed by atoms with E-state index in [1.165, 1.54) is 116 Å². The van der Waals surface area contributed by atoms with E-state index in [9.17, 15) is 9.59 Å². The van der Waals surface area contributed by atoms with E-state index >= 15 is 0 Å². The average Bonchev–Trinajstić information content (AvgIpc) is 3.35. The number of carbonyl (C=O) groups is 2. The van der Waals surface area contributed by atoms with Gasteiger partial charge in [0.1, 0.15) is 0 Å². The Labute approximate surface area is 242 Å². The first-order valence-electron chi connectivity index (χ1n) is 17.1. The summed E-state index contributed by atoms with van der Waals surface area (Å²) in [5.41, 5.74) is 0. The molecule has 0 spiro atoms. The largest absolute Gasteiger partial charge is 0.348 e. The molecule has 4 heteroatoms. The summed E-state index contributed by atoms with van der Waals surface area (Å²) in [4.78, 5) is 24.8. The molecule has 4 nitrogen and oxygen atoms in total. The number of rotatable bonds is 26. The van der Waals surface area contributed by atoms with E-state index in [1.54, 1.807) is 12.2 Å². The summed E-state index contributed by atoms with van der Waals surface area (Å²) < 4.78 is 0. The predicted octanol–water partition coefficient (Wildman–Crippen LogP) is 9.87. The topological polar surface area (TPSA) is 58.2 Å². The number of nitrogens with one attached hydrogen (secondary N) is 2. The Kier molecular flexibility index (Phi) is 24.2. The van der Waals surface area contributed by atoms with Gasteiger partial charge in [-0.25, -0.2) is 0 Å². The van der Waals surface area contributed by atoms with Crippen LogP contribution in [0.1, 0.15) is 174 Å². The van der Waals surface area contributed by atoms with Crippen LogP contribution in [0.4, 0.5) is 0 Å². The molecule has 39 heavy (non-hydrogen) atoms. The smallest absolute Gasteiger partial charge is 0.243 e. The molecule has 226 valence electrons. The van der Waals surface area contributed by atoms with Crippen molar-refractivity contribution in [3.05, 3.63) is 24.3 Å². The molecule has 2 N–H and O–H groups in total. The van der Waals surface area contributed by atoms with E-state index < -0.39 is 0 Å². The van der Waals surface area contributed by atoms with Gasteiger partial charge in [0.25, 0.3) is 0 Å². The highest BCUT2D eigenvalue weighted by molar-refractivity contribution is 5.89. The predicted molar refractivity (Wildman–Crippen MR) is 169 cm³/mol. The first-order chi connectivity index (χ1) is 19.2. The van der Waals surface area contributed by atoms with Crippen molar-refractivity contribution in [2.24, 2.45) is 0 Å². The van der Waals surface area contributed by atoms with Crippen molar-refractivity contribution >= 4 is 11.8 Å². The number of carbonyl (C=O) groups excluding carboxylic acids is 2. The zero-order chi connectivity index (χ0) is 28.2. The van der Waals surface area contributed by atoms with Crippen molar-refractivity contribution in [1.29, 1.82) is 0 Å². The van der Waals surface area contributed by atoms with E-state index in [0.717, 1.165) is 44.9 Å². The number of hydrogen-bond donors (Lipinski definition) is 2. The molecular formula is C35H64N2O2. The standard InChI is InChI=1S/C35H64N2O2/c1-3-5-7-9-11-13-15-17-19-21-23-25-30-34(38)36-32-28-27-29-33(32)37-35(39)31-26-24-22-20-18-16-14-12-10-8-6-4-2/h25-26,30-33H,3-24,27-29H2,1-2H3,(H,36,38)(H,37,39)/b30-25+,31-26+/t32-,33+. The SMILES string of the molecule is CCCCCCCCCCCC/C=C/C(=O)N[C@H]1CCC[C@H]1NC(=O)/C=C/CCCCCCCCCCCC. The fourth-order valence-corrected chi connectivity index (χ4v) is 5.65. The average molecular weight is 545 g/mol. The van der Waals surface area contributed by atoms with Crippen molar-refractivity contribution < 1.29 is 9.59 Å². The van der Waals surface area contributed by atoms with Crippen LogP contribution in [0.3, 0.4) is 0 Å². The molecule has 2 amide bonds. The Morgan fingerprint density at radius 3 is 1.15 bits per heavy atom. The van der Waals surface area contributed by atoms with E-state index in [4.69, 9.17) is 0 Å². The zero-order valence-corrected chi connectivity index (χ0v) is 26.0. The Hall–Kier alpha value is -1.58. The molecule has 0 unspecified atom stereocenters. The second-order valence-corrected chi connectivity index (χ2v) is 11.9. The lowest BCUT2D eigenvalue weighted by Crippen LogP contribution is -2.47. The number of hydrogen-bond acceptors (Lipinski definition) is 2. The molecular weight excluding hydrogens is 480 g/mol. The van der Waals surface area contributed by atoms with E-state index in [2.05, 4.69) is 24.5 Å². The molecule has 1 saturated carbocycles. The van der Waals surface area contributed by atoms with E-state index in [-0.39, 0.29) is 23.9 Å². The van der Waals surface area contributed by atoms with Crippen LogP contribution in [0.2, 0.25) is 0 Å². The molecule has 0 aromatic carbocycles. The Bertz CT molecular complexity index is 589. The Morgan fingerprint density at radius 1 is 0.513 bits per heavy atom. The minimum Gasteiger partial charge on any atom is -0.348 e. The third kappa shape index (κ3) is 21.9. The van der Waals surface area contributed by atoms with Gasteiger partial charge in [-0.15, -0.1) is 0 Å². The minimum atomic E-state index is -0.0234. The summed E-state index contributed by atoms with van der Waals surface area (Å²) in [6, 6.07) is 0.0811. The summed E-state index contributed by atoms with van der Waals surface area (Å²) >= 11 is 0. The summed E-state index contributed by atoms with van der Waals surface area (Å²) in [6.07, 6.45) is 38.9. The molecule has 1 fully saturated rings. The van der Waals surface area contributed by atoms with Crippen LogP contribution in [0.25, 0.3) is 0 Å². The van der Waals surface area contributed by atoms with Gasteiger partial charge in [-0.2, -0.15) is 0 Å². The Morgan fingerprint density at radius 2 is 0.821 bits per heavy atom. The van der Waals surface area contributed by atoms with Crippen LogP contribution in [-0.4, -0.2) is 23.9 Å². The lowest BCUT2D eigenvalue weighted by atomic mass is 10.1. The molecule has 0 bridgehead atoms. The van der Waals surface area contributed by atoms with Gasteiger partial charge in [0, 0.05) is 12.1 Å². The molecule has 0 saturated heterocycles. The fourth-order valence-electron chi connectivity index (χ4n) is 5.65. The van der Waals surface area contributed by atoms with Crippen molar-refractivity contribution in [3.8, 4) is 0 Å². The molecule has 0 heterocycles. The van der Waals surface area contributed by atoms with E-state index in [1.807, 2.05) is 12.2 Å². The highest BCUT2D eigenvalue weighted by atomic mass is 16.2. The quantitative estimate of drug-likeness (QED) is 0.0840. The second-order valence-electron chi connectivity index (χ2n) is 11.9. The van der Waals surface area contributed by atoms with Gasteiger partial charge in [-0.05, 0) is 57.1 Å². The number of allylic oxidation sites excluding steroid dienone is 2. The van der Waals surface area contributed by atoms with Crippen LogP contribution >= 0.6 is 0 Å². The van der Waals surface area contributed by atoms with Crippen LogP contribution in [0.15, 0.2) is 24.3 Å². The summed E-state index contributed by atoms with van der Waals surface area (Å²) in [6.45, 7) is 4.53. The molecule has 0 aromatic rings. The van der Waals surface area contributed by atoms with Gasteiger partial charge in [-0.1, -0.05) is 142 Å². The van der Waals surface area contributed by atoms with Gasteiger partial charge in [0.2, 0.25) is 11.8 Å². The lowest BCUT2D eigenvalue weighted by molar-refractivity contribution is -0.119. The van der Waals surface area contributed by atoms with Crippen molar-refractivity contribution in [2.45, 2.75) is 186 Å². The van der Waals surface area contributed by atoms with Gasteiger partial charge in [0.15, 0.2) is 0 Å². The lowest BCUT2D eigenvalue weighted by Gasteiger charge is -2.21. The zero-order valence-electron chi connectivity index (χ0n) is 26.0. The fraction of sp³-hybridized carbons (Fsp3) is 0.829. The first kappa shape index (κ1) is 35.4. The van der Waals surface area contributed by atoms with Gasteiger partial charge in [-0.3, -0.25) is 9.59 Å². The van der Waals surface area contributed by atoms with Crippen molar-refractivity contribution in [2.75, 3.05) is 0 Å². The Balaban J connectivity index is 2.05. The number of unbranched alkanes of at least 4 members (excludes halogenated alkanes) is 20. The van der Waals surface area contributed by atoms with Gasteiger partial charge >= 0.3 is 0 Å². The highest BCUT2D eigenvalue weighted by Gasteiger charge is 2.28. The van der Waals surface area contributed by atoms with Crippen molar-refractivity contribution in [3.63, 3.8) is 0 Å². The molecule has 1 aliphatic carbocycles. The molecule has 0 aliphatic heterocycles. The molecule has 0 radical (unpaired) electrons. The number of amides is 2. The van der Waals surface area contributed by atoms with Gasteiger partial charge in [0.05, 0.1) is 0 Å². The summed E-state index contributed by atoms with van der Waals surface area (Å²) in [5.74, 6) is -0.0468. The maximum absolute atomic E-state index is 12.4. The normalized spacial score (nSPS) is 17.4. The summed E-state index contributed by atoms with van der Waals surface area (Å²) in [5, 5.41) is 6.25. The molecule has 1 aliphatic rings. The third-order valence-corrected chi connectivity index (χ3v) is 8.16.